The molecule has 0 aliphatic heterocycles. The van der Waals surface area contributed by atoms with Crippen LogP contribution in [0.2, 0.25) is 4.34 Å². The maximum absolute atomic E-state index is 6.00. The van der Waals surface area contributed by atoms with Crippen molar-refractivity contribution in [1.82, 2.24) is 4.98 Å². The number of aryl methyl sites for hydroxylation is 2. The zero-order chi connectivity index (χ0) is 10.1. The third-order valence-electron chi connectivity index (χ3n) is 2.43. The standard InChI is InChI=1S/C11H12ClNS/c1-3-7-8-5-11(12)14-10(8)6-13-9(7)4-2/h5-6H,3-4H2,1-2H3. The molecule has 0 saturated heterocycles. The SMILES string of the molecule is CCc1ncc2sc(Cl)cc2c1CC. The van der Waals surface area contributed by atoms with Gasteiger partial charge in [-0.3, -0.25) is 4.98 Å². The van der Waals surface area contributed by atoms with E-state index in [4.69, 9.17) is 11.6 Å². The normalized spacial score (nSPS) is 11.1. The molecule has 74 valence electrons. The lowest BCUT2D eigenvalue weighted by Crippen LogP contribution is -1.94. The number of pyridine rings is 1. The van der Waals surface area contributed by atoms with Gasteiger partial charge >= 0.3 is 0 Å². The monoisotopic (exact) mass is 225 g/mol. The Morgan fingerprint density at radius 1 is 1.36 bits per heavy atom. The number of hydrogen-bond acceptors (Lipinski definition) is 2. The van der Waals surface area contributed by atoms with Gasteiger partial charge in [-0.05, 0) is 24.5 Å². The van der Waals surface area contributed by atoms with Crippen LogP contribution < -0.4 is 0 Å². The summed E-state index contributed by atoms with van der Waals surface area (Å²) < 4.78 is 2.05. The highest BCUT2D eigenvalue weighted by molar-refractivity contribution is 7.22. The highest BCUT2D eigenvalue weighted by Gasteiger charge is 2.08. The maximum atomic E-state index is 6.00. The number of aromatic nitrogens is 1. The fourth-order valence-electron chi connectivity index (χ4n) is 1.77. The Bertz CT molecular complexity index is 462. The second-order valence-corrected chi connectivity index (χ2v) is 4.93. The van der Waals surface area contributed by atoms with E-state index in [9.17, 15) is 0 Å². The highest BCUT2D eigenvalue weighted by atomic mass is 35.5. The molecule has 0 spiro atoms. The molecule has 0 bridgehead atoms. The van der Waals surface area contributed by atoms with E-state index in [-0.39, 0.29) is 0 Å². The van der Waals surface area contributed by atoms with Gasteiger partial charge in [0.25, 0.3) is 0 Å². The quantitative estimate of drug-likeness (QED) is 0.751. The molecule has 0 aliphatic rings. The van der Waals surface area contributed by atoms with Crippen molar-refractivity contribution in [3.05, 3.63) is 27.9 Å². The van der Waals surface area contributed by atoms with E-state index in [0.717, 1.165) is 17.2 Å². The molecule has 0 aliphatic carbocycles. The van der Waals surface area contributed by atoms with Crippen LogP contribution in [-0.4, -0.2) is 4.98 Å². The van der Waals surface area contributed by atoms with Crippen molar-refractivity contribution >= 4 is 33.0 Å². The average molecular weight is 226 g/mol. The molecule has 3 heteroatoms. The van der Waals surface area contributed by atoms with Crippen molar-refractivity contribution in [2.24, 2.45) is 0 Å². The van der Waals surface area contributed by atoms with Crippen LogP contribution in [0.5, 0.6) is 0 Å². The van der Waals surface area contributed by atoms with Crippen molar-refractivity contribution in [3.63, 3.8) is 0 Å². The van der Waals surface area contributed by atoms with Crippen molar-refractivity contribution < 1.29 is 0 Å². The Labute approximate surface area is 92.7 Å². The molecule has 0 unspecified atom stereocenters. The van der Waals surface area contributed by atoms with Crippen molar-refractivity contribution in [1.29, 1.82) is 0 Å². The van der Waals surface area contributed by atoms with E-state index >= 15 is 0 Å². The van der Waals surface area contributed by atoms with Gasteiger partial charge in [-0.25, -0.2) is 0 Å². The molecule has 0 fully saturated rings. The first-order valence-corrected chi connectivity index (χ1v) is 6.01. The summed E-state index contributed by atoms with van der Waals surface area (Å²) in [6.45, 7) is 4.31. The summed E-state index contributed by atoms with van der Waals surface area (Å²) in [7, 11) is 0. The van der Waals surface area contributed by atoms with Gasteiger partial charge in [0.15, 0.2) is 0 Å². The highest BCUT2D eigenvalue weighted by Crippen LogP contribution is 2.32. The number of fused-ring (bicyclic) bond motifs is 1. The molecule has 0 aromatic carbocycles. The first-order chi connectivity index (χ1) is 6.76. The van der Waals surface area contributed by atoms with Crippen molar-refractivity contribution in [3.8, 4) is 0 Å². The van der Waals surface area contributed by atoms with Gasteiger partial charge in [0.2, 0.25) is 0 Å². The first kappa shape index (κ1) is 9.94. The van der Waals surface area contributed by atoms with E-state index in [1.165, 1.54) is 21.3 Å². The summed E-state index contributed by atoms with van der Waals surface area (Å²) in [5, 5.41) is 1.29. The van der Waals surface area contributed by atoms with Crippen molar-refractivity contribution in [2.75, 3.05) is 0 Å². The zero-order valence-electron chi connectivity index (χ0n) is 8.30. The Morgan fingerprint density at radius 3 is 2.79 bits per heavy atom. The molecule has 0 radical (unpaired) electrons. The third kappa shape index (κ3) is 1.53. The minimum atomic E-state index is 0.852. The summed E-state index contributed by atoms with van der Waals surface area (Å²) in [6, 6.07) is 2.06. The lowest BCUT2D eigenvalue weighted by Gasteiger charge is -2.05. The van der Waals surface area contributed by atoms with Crippen LogP contribution in [0.15, 0.2) is 12.3 Å². The second-order valence-electron chi connectivity index (χ2n) is 3.22. The van der Waals surface area contributed by atoms with Crippen molar-refractivity contribution in [2.45, 2.75) is 26.7 Å². The average Bonchev–Trinajstić information content (AvgIpc) is 2.56. The Kier molecular flexibility index (Phi) is 2.75. The lowest BCUT2D eigenvalue weighted by molar-refractivity contribution is 0.981. The van der Waals surface area contributed by atoms with Gasteiger partial charge < -0.3 is 0 Å². The summed E-state index contributed by atoms with van der Waals surface area (Å²) in [5.74, 6) is 0. The summed E-state index contributed by atoms with van der Waals surface area (Å²) in [4.78, 5) is 4.46. The van der Waals surface area contributed by atoms with Gasteiger partial charge in [-0.15, -0.1) is 11.3 Å². The third-order valence-corrected chi connectivity index (χ3v) is 3.63. The van der Waals surface area contributed by atoms with Gasteiger partial charge in [-0.1, -0.05) is 25.4 Å². The fraction of sp³-hybridized carbons (Fsp3) is 0.364. The predicted octanol–water partition coefficient (Wildman–Crippen LogP) is 4.07. The Hall–Kier alpha value is -0.600. The number of nitrogens with zero attached hydrogens (tertiary/aromatic N) is 1. The number of halogens is 1. The lowest BCUT2D eigenvalue weighted by atomic mass is 10.1. The Morgan fingerprint density at radius 2 is 2.14 bits per heavy atom. The molecular formula is C11H12ClNS. The molecule has 2 aromatic heterocycles. The minimum absolute atomic E-state index is 0.852. The van der Waals surface area contributed by atoms with E-state index in [1.807, 2.05) is 6.20 Å². The number of thiophene rings is 1. The van der Waals surface area contributed by atoms with Gasteiger partial charge in [0, 0.05) is 17.3 Å². The molecule has 14 heavy (non-hydrogen) atoms. The molecule has 2 rings (SSSR count). The van der Waals surface area contributed by atoms with E-state index in [0.29, 0.717) is 0 Å². The molecule has 2 heterocycles. The van der Waals surface area contributed by atoms with Crippen LogP contribution in [-0.2, 0) is 12.8 Å². The molecular weight excluding hydrogens is 214 g/mol. The maximum Gasteiger partial charge on any atom is 0.0941 e. The van der Waals surface area contributed by atoms with Crippen LogP contribution in [0.1, 0.15) is 25.1 Å². The minimum Gasteiger partial charge on any atom is -0.260 e. The molecule has 2 aromatic rings. The predicted molar refractivity (Wildman–Crippen MR) is 63.4 cm³/mol. The summed E-state index contributed by atoms with van der Waals surface area (Å²) >= 11 is 7.60. The van der Waals surface area contributed by atoms with Crippen LogP contribution >= 0.6 is 22.9 Å². The number of hydrogen-bond donors (Lipinski definition) is 0. The molecule has 0 atom stereocenters. The van der Waals surface area contributed by atoms with Crippen LogP contribution in [0, 0.1) is 0 Å². The Balaban J connectivity index is 2.75. The fourth-order valence-corrected chi connectivity index (χ4v) is 2.92. The van der Waals surface area contributed by atoms with Gasteiger partial charge in [0.05, 0.1) is 9.04 Å². The van der Waals surface area contributed by atoms with E-state index in [2.05, 4.69) is 24.9 Å². The topological polar surface area (TPSA) is 12.9 Å². The van der Waals surface area contributed by atoms with Crippen LogP contribution in [0.25, 0.3) is 10.1 Å². The molecule has 0 amide bonds. The molecule has 0 saturated carbocycles. The number of rotatable bonds is 2. The zero-order valence-corrected chi connectivity index (χ0v) is 9.87. The smallest absolute Gasteiger partial charge is 0.0941 e. The largest absolute Gasteiger partial charge is 0.260 e. The van der Waals surface area contributed by atoms with Gasteiger partial charge in [0.1, 0.15) is 0 Å². The van der Waals surface area contributed by atoms with Crippen LogP contribution in [0.3, 0.4) is 0 Å². The molecule has 1 nitrogen and oxygen atoms in total. The summed E-state index contributed by atoms with van der Waals surface area (Å²) in [6.07, 6.45) is 3.96. The summed E-state index contributed by atoms with van der Waals surface area (Å²) in [5.41, 5.74) is 2.56. The van der Waals surface area contributed by atoms with Crippen LogP contribution in [0.4, 0.5) is 0 Å². The second kappa shape index (κ2) is 3.87. The molecule has 0 N–H and O–H groups in total. The first-order valence-electron chi connectivity index (χ1n) is 4.82. The van der Waals surface area contributed by atoms with E-state index < -0.39 is 0 Å². The van der Waals surface area contributed by atoms with Gasteiger partial charge in [-0.2, -0.15) is 0 Å². The van der Waals surface area contributed by atoms with E-state index in [1.54, 1.807) is 11.3 Å².